The molecule has 0 bridgehead atoms. The number of hydrogen-bond acceptors (Lipinski definition) is 3. The molecule has 5 heteroatoms. The van der Waals surface area contributed by atoms with Crippen LogP contribution in [0.5, 0.6) is 0 Å². The molecular formula is C10H20N2O3. The summed E-state index contributed by atoms with van der Waals surface area (Å²) in [7, 11) is 0. The summed E-state index contributed by atoms with van der Waals surface area (Å²) in [6.45, 7) is 7.04. The Hall–Kier alpha value is -1.10. The number of nitrogens with one attached hydrogen (secondary N) is 1. The highest BCUT2D eigenvalue weighted by Gasteiger charge is 2.33. The molecule has 88 valence electrons. The number of carboxylic acid groups (broad SMARTS) is 1. The summed E-state index contributed by atoms with van der Waals surface area (Å²) in [6, 6.07) is -1.56. The lowest BCUT2D eigenvalue weighted by Crippen LogP contribution is -2.53. The van der Waals surface area contributed by atoms with Crippen molar-refractivity contribution in [3.63, 3.8) is 0 Å². The molecule has 0 aliphatic heterocycles. The number of carbonyl (C=O) groups excluding carboxylic acids is 1. The fourth-order valence-corrected chi connectivity index (χ4v) is 1.08. The number of amides is 1. The van der Waals surface area contributed by atoms with Crippen LogP contribution >= 0.6 is 0 Å². The second-order valence-electron chi connectivity index (χ2n) is 4.66. The smallest absolute Gasteiger partial charge is 0.326 e. The fraction of sp³-hybridized carbons (Fsp3) is 0.800. The molecular weight excluding hydrogens is 196 g/mol. The first-order chi connectivity index (χ1) is 6.70. The minimum absolute atomic E-state index is 0.417. The summed E-state index contributed by atoms with van der Waals surface area (Å²) in [5.74, 6) is -1.46. The van der Waals surface area contributed by atoms with Gasteiger partial charge in [-0.05, 0) is 11.8 Å². The number of nitrogens with two attached hydrogens (primary N) is 1. The normalized spacial score (nSPS) is 15.5. The van der Waals surface area contributed by atoms with E-state index in [0.29, 0.717) is 6.42 Å². The molecule has 5 nitrogen and oxygen atoms in total. The molecule has 15 heavy (non-hydrogen) atoms. The van der Waals surface area contributed by atoms with Gasteiger partial charge in [-0.15, -0.1) is 0 Å². The first kappa shape index (κ1) is 13.9. The van der Waals surface area contributed by atoms with E-state index in [9.17, 15) is 9.59 Å². The average Bonchev–Trinajstić information content (AvgIpc) is 2.09. The van der Waals surface area contributed by atoms with E-state index in [1.807, 2.05) is 0 Å². The Labute approximate surface area is 90.0 Å². The molecule has 0 heterocycles. The van der Waals surface area contributed by atoms with Crippen LogP contribution in [0.15, 0.2) is 0 Å². The van der Waals surface area contributed by atoms with Gasteiger partial charge in [0, 0.05) is 0 Å². The van der Waals surface area contributed by atoms with Crippen molar-refractivity contribution in [1.82, 2.24) is 5.32 Å². The maximum atomic E-state index is 11.4. The highest BCUT2D eigenvalue weighted by molar-refractivity contribution is 5.87. The lowest BCUT2D eigenvalue weighted by molar-refractivity contribution is -0.145. The molecule has 0 saturated carbocycles. The van der Waals surface area contributed by atoms with Gasteiger partial charge in [0.2, 0.25) is 5.91 Å². The fourth-order valence-electron chi connectivity index (χ4n) is 1.08. The first-order valence-corrected chi connectivity index (χ1v) is 4.99. The number of aliphatic carboxylic acids is 1. The molecule has 0 spiro atoms. The van der Waals surface area contributed by atoms with Gasteiger partial charge in [0.05, 0.1) is 6.04 Å². The van der Waals surface area contributed by atoms with Gasteiger partial charge in [0.1, 0.15) is 6.04 Å². The van der Waals surface area contributed by atoms with Gasteiger partial charge >= 0.3 is 5.97 Å². The van der Waals surface area contributed by atoms with E-state index < -0.39 is 29.4 Å². The van der Waals surface area contributed by atoms with Crippen LogP contribution in [0, 0.1) is 5.41 Å². The Bertz CT molecular complexity index is 246. The van der Waals surface area contributed by atoms with Gasteiger partial charge in [-0.25, -0.2) is 4.79 Å². The lowest BCUT2D eigenvalue weighted by atomic mass is 9.86. The van der Waals surface area contributed by atoms with Crippen molar-refractivity contribution >= 4 is 11.9 Å². The van der Waals surface area contributed by atoms with E-state index in [1.165, 1.54) is 0 Å². The number of rotatable bonds is 4. The first-order valence-electron chi connectivity index (χ1n) is 4.99. The monoisotopic (exact) mass is 216 g/mol. The topological polar surface area (TPSA) is 92.4 Å². The third kappa shape index (κ3) is 4.29. The summed E-state index contributed by atoms with van der Waals surface area (Å²) in [6.07, 6.45) is 0.488. The molecule has 4 N–H and O–H groups in total. The van der Waals surface area contributed by atoms with Gasteiger partial charge < -0.3 is 16.2 Å². The second-order valence-corrected chi connectivity index (χ2v) is 4.66. The average molecular weight is 216 g/mol. The van der Waals surface area contributed by atoms with Crippen molar-refractivity contribution in [3.8, 4) is 0 Å². The maximum Gasteiger partial charge on any atom is 0.326 e. The van der Waals surface area contributed by atoms with E-state index in [4.69, 9.17) is 10.8 Å². The van der Waals surface area contributed by atoms with Crippen LogP contribution in [0.4, 0.5) is 0 Å². The van der Waals surface area contributed by atoms with Crippen molar-refractivity contribution in [2.45, 2.75) is 46.2 Å². The third-order valence-electron chi connectivity index (χ3n) is 2.18. The van der Waals surface area contributed by atoms with Crippen molar-refractivity contribution in [3.05, 3.63) is 0 Å². The molecule has 0 rings (SSSR count). The summed E-state index contributed by atoms with van der Waals surface area (Å²) in [5, 5.41) is 11.4. The quantitative estimate of drug-likeness (QED) is 0.631. The van der Waals surface area contributed by atoms with Crippen molar-refractivity contribution in [1.29, 1.82) is 0 Å². The molecule has 0 aromatic carbocycles. The van der Waals surface area contributed by atoms with E-state index in [-0.39, 0.29) is 0 Å². The van der Waals surface area contributed by atoms with E-state index in [0.717, 1.165) is 0 Å². The van der Waals surface area contributed by atoms with Crippen LogP contribution in [0.2, 0.25) is 0 Å². The molecule has 0 fully saturated rings. The van der Waals surface area contributed by atoms with Crippen LogP contribution in [-0.4, -0.2) is 29.1 Å². The molecule has 1 unspecified atom stereocenters. The van der Waals surface area contributed by atoms with Crippen molar-refractivity contribution in [2.24, 2.45) is 11.1 Å². The molecule has 0 aromatic heterocycles. The number of hydrogen-bond donors (Lipinski definition) is 3. The minimum atomic E-state index is -1.04. The SMILES string of the molecule is CCC(N)C(=O)N[C@H](C(=O)O)C(C)(C)C. The zero-order valence-corrected chi connectivity index (χ0v) is 9.70. The molecule has 1 amide bonds. The maximum absolute atomic E-state index is 11.4. The Morgan fingerprint density at radius 2 is 1.87 bits per heavy atom. The highest BCUT2D eigenvalue weighted by Crippen LogP contribution is 2.19. The zero-order chi connectivity index (χ0) is 12.2. The Kier molecular flexibility index (Phi) is 4.74. The van der Waals surface area contributed by atoms with Gasteiger partial charge in [-0.1, -0.05) is 27.7 Å². The molecule has 0 aromatic rings. The summed E-state index contributed by atoms with van der Waals surface area (Å²) in [4.78, 5) is 22.4. The summed E-state index contributed by atoms with van der Waals surface area (Å²) < 4.78 is 0. The van der Waals surface area contributed by atoms with E-state index in [2.05, 4.69) is 5.32 Å². The number of carbonyl (C=O) groups is 2. The Morgan fingerprint density at radius 3 is 2.13 bits per heavy atom. The molecule has 0 aliphatic rings. The van der Waals surface area contributed by atoms with E-state index >= 15 is 0 Å². The standard InChI is InChI=1S/C10H20N2O3/c1-5-6(11)8(13)12-7(9(14)15)10(2,3)4/h6-7H,5,11H2,1-4H3,(H,12,13)(H,14,15)/t6?,7-/m1/s1. The minimum Gasteiger partial charge on any atom is -0.480 e. The summed E-state index contributed by atoms with van der Waals surface area (Å²) >= 11 is 0. The number of carboxylic acids is 1. The van der Waals surface area contributed by atoms with Crippen LogP contribution in [0.25, 0.3) is 0 Å². The van der Waals surface area contributed by atoms with Gasteiger partial charge in [0.15, 0.2) is 0 Å². The Balaban J connectivity index is 4.58. The lowest BCUT2D eigenvalue weighted by Gasteiger charge is -2.28. The predicted molar refractivity (Wildman–Crippen MR) is 57.3 cm³/mol. The van der Waals surface area contributed by atoms with Crippen LogP contribution in [0.3, 0.4) is 0 Å². The van der Waals surface area contributed by atoms with Gasteiger partial charge in [-0.2, -0.15) is 0 Å². The van der Waals surface area contributed by atoms with E-state index in [1.54, 1.807) is 27.7 Å². The molecule has 0 radical (unpaired) electrons. The molecule has 0 saturated heterocycles. The molecule has 2 atom stereocenters. The van der Waals surface area contributed by atoms with Crippen LogP contribution in [0.1, 0.15) is 34.1 Å². The van der Waals surface area contributed by atoms with Gasteiger partial charge in [-0.3, -0.25) is 4.79 Å². The van der Waals surface area contributed by atoms with Gasteiger partial charge in [0.25, 0.3) is 0 Å². The Morgan fingerprint density at radius 1 is 1.40 bits per heavy atom. The van der Waals surface area contributed by atoms with Crippen molar-refractivity contribution in [2.75, 3.05) is 0 Å². The second kappa shape index (κ2) is 5.11. The highest BCUT2D eigenvalue weighted by atomic mass is 16.4. The largest absolute Gasteiger partial charge is 0.480 e. The zero-order valence-electron chi connectivity index (χ0n) is 9.70. The van der Waals surface area contributed by atoms with Crippen LogP contribution in [-0.2, 0) is 9.59 Å². The summed E-state index contributed by atoms with van der Waals surface area (Å²) in [5.41, 5.74) is 4.97. The molecule has 0 aliphatic carbocycles. The predicted octanol–water partition coefficient (Wildman–Crippen LogP) is 0.339. The van der Waals surface area contributed by atoms with Crippen molar-refractivity contribution < 1.29 is 14.7 Å². The third-order valence-corrected chi connectivity index (χ3v) is 2.18. The van der Waals surface area contributed by atoms with Crippen LogP contribution < -0.4 is 11.1 Å².